The Morgan fingerprint density at radius 3 is 2.35 bits per heavy atom. The molecule has 0 spiro atoms. The second-order valence-corrected chi connectivity index (χ2v) is 5.11. The first-order valence-corrected chi connectivity index (χ1v) is 6.87. The fraction of sp³-hybridized carbons (Fsp3) is 0.846. The van der Waals surface area contributed by atoms with Crippen LogP contribution in [0, 0.1) is 0 Å². The average molecular weight is 288 g/mol. The summed E-state index contributed by atoms with van der Waals surface area (Å²) < 4.78 is 10.1. The van der Waals surface area contributed by atoms with Crippen LogP contribution in [0.4, 0.5) is 4.79 Å². The number of amides is 1. The van der Waals surface area contributed by atoms with Gasteiger partial charge in [0.1, 0.15) is 5.60 Å². The first-order valence-electron chi connectivity index (χ1n) is 6.87. The highest BCUT2D eigenvalue weighted by Crippen LogP contribution is 2.05. The molecule has 0 heterocycles. The summed E-state index contributed by atoms with van der Waals surface area (Å²) in [5, 5.41) is 8.89. The van der Waals surface area contributed by atoms with Crippen molar-refractivity contribution in [2.75, 3.05) is 39.9 Å². The maximum absolute atomic E-state index is 11.4. The van der Waals surface area contributed by atoms with Crippen molar-refractivity contribution in [1.29, 1.82) is 0 Å². The van der Waals surface area contributed by atoms with Gasteiger partial charge in [-0.2, -0.15) is 0 Å². The van der Waals surface area contributed by atoms with Crippen LogP contribution >= 0.6 is 0 Å². The second kappa shape index (κ2) is 10.3. The number of aliphatic imine (C=N–C) groups is 1. The highest BCUT2D eigenvalue weighted by molar-refractivity contribution is 5.79. The molecule has 0 aromatic carbocycles. The van der Waals surface area contributed by atoms with E-state index < -0.39 is 11.7 Å². The molecule has 0 aromatic heterocycles. The molecule has 0 aliphatic heterocycles. The van der Waals surface area contributed by atoms with E-state index in [1.165, 1.54) is 0 Å². The Balaban J connectivity index is 3.88. The van der Waals surface area contributed by atoms with Gasteiger partial charge in [-0.15, -0.1) is 0 Å². The molecule has 20 heavy (non-hydrogen) atoms. The predicted octanol–water partition coefficient (Wildman–Crippen LogP) is 0.713. The highest BCUT2D eigenvalue weighted by Gasteiger charge is 2.15. The Morgan fingerprint density at radius 1 is 1.15 bits per heavy atom. The van der Waals surface area contributed by atoms with Crippen molar-refractivity contribution in [3.63, 3.8) is 0 Å². The molecule has 0 atom stereocenters. The topological polar surface area (TPSA) is 84.0 Å². The van der Waals surface area contributed by atoms with Gasteiger partial charge in [0.2, 0.25) is 0 Å². The van der Waals surface area contributed by atoms with E-state index in [0.29, 0.717) is 32.2 Å². The van der Waals surface area contributed by atoms with Gasteiger partial charge in [-0.1, -0.05) is 0 Å². The van der Waals surface area contributed by atoms with Crippen LogP contribution in [0.5, 0.6) is 0 Å². The Bertz CT molecular complexity index is 300. The van der Waals surface area contributed by atoms with Gasteiger partial charge in [0.25, 0.3) is 0 Å². The molecule has 0 unspecified atom stereocenters. The molecule has 3 N–H and O–H groups in total. The van der Waals surface area contributed by atoms with E-state index in [2.05, 4.69) is 20.9 Å². The van der Waals surface area contributed by atoms with Crippen molar-refractivity contribution in [2.45, 2.75) is 33.3 Å². The first kappa shape index (κ1) is 18.5. The third kappa shape index (κ3) is 11.6. The zero-order valence-corrected chi connectivity index (χ0v) is 13.2. The predicted molar refractivity (Wildman–Crippen MR) is 80.1 cm³/mol. The number of carbonyl (C=O) groups is 1. The Labute approximate surface area is 121 Å². The van der Waals surface area contributed by atoms with Gasteiger partial charge < -0.3 is 25.4 Å². The van der Waals surface area contributed by atoms with Crippen LogP contribution in [-0.4, -0.2) is 57.5 Å². The average Bonchev–Trinajstić information content (AvgIpc) is 2.32. The van der Waals surface area contributed by atoms with E-state index in [0.717, 1.165) is 6.54 Å². The van der Waals surface area contributed by atoms with E-state index in [4.69, 9.17) is 9.47 Å². The molecule has 0 fully saturated rings. The van der Waals surface area contributed by atoms with E-state index in [1.807, 2.05) is 27.7 Å². The van der Waals surface area contributed by atoms with Crippen LogP contribution in [0.1, 0.15) is 27.7 Å². The Hall–Kier alpha value is -1.50. The number of methoxy groups -OCH3 is 1. The summed E-state index contributed by atoms with van der Waals surface area (Å²) in [6.45, 7) is 10.5. The molecule has 0 aliphatic carbocycles. The van der Waals surface area contributed by atoms with Gasteiger partial charge in [0.05, 0.1) is 13.2 Å². The Morgan fingerprint density at radius 2 is 1.80 bits per heavy atom. The molecule has 0 saturated carbocycles. The number of hydrogen-bond acceptors (Lipinski definition) is 4. The number of guanidine groups is 1. The molecular formula is C13H28N4O3. The van der Waals surface area contributed by atoms with Gasteiger partial charge in [0, 0.05) is 26.7 Å². The minimum atomic E-state index is -0.478. The van der Waals surface area contributed by atoms with Crippen molar-refractivity contribution in [3.8, 4) is 0 Å². The lowest BCUT2D eigenvalue weighted by molar-refractivity contribution is 0.0529. The fourth-order valence-corrected chi connectivity index (χ4v) is 1.25. The summed E-state index contributed by atoms with van der Waals surface area (Å²) in [6, 6.07) is 0. The third-order valence-electron chi connectivity index (χ3n) is 2.00. The maximum atomic E-state index is 11.4. The monoisotopic (exact) mass is 288 g/mol. The number of nitrogens with zero attached hydrogens (tertiary/aromatic N) is 1. The van der Waals surface area contributed by atoms with Gasteiger partial charge in [-0.25, -0.2) is 4.79 Å². The van der Waals surface area contributed by atoms with E-state index in [1.54, 1.807) is 7.11 Å². The Kier molecular flexibility index (Phi) is 9.53. The molecule has 7 heteroatoms. The van der Waals surface area contributed by atoms with E-state index in [-0.39, 0.29) is 0 Å². The van der Waals surface area contributed by atoms with Gasteiger partial charge in [0.15, 0.2) is 5.96 Å². The number of hydrogen-bond donors (Lipinski definition) is 3. The van der Waals surface area contributed by atoms with Crippen molar-refractivity contribution >= 4 is 12.1 Å². The molecule has 1 amide bonds. The summed E-state index contributed by atoms with van der Waals surface area (Å²) in [7, 11) is 1.64. The molecule has 118 valence electrons. The summed E-state index contributed by atoms with van der Waals surface area (Å²) >= 11 is 0. The zero-order valence-electron chi connectivity index (χ0n) is 13.2. The van der Waals surface area contributed by atoms with Crippen LogP contribution < -0.4 is 16.0 Å². The number of alkyl carbamates (subject to hydrolysis) is 1. The SMILES string of the molecule is CCNC(=NCCOC)NCCNC(=O)OC(C)(C)C. The number of carbonyl (C=O) groups excluding carboxylic acids is 1. The molecule has 0 aromatic rings. The van der Waals surface area contributed by atoms with Crippen molar-refractivity contribution < 1.29 is 14.3 Å². The molecular weight excluding hydrogens is 260 g/mol. The minimum absolute atomic E-state index is 0.416. The van der Waals surface area contributed by atoms with Crippen LogP contribution in [0.25, 0.3) is 0 Å². The molecule has 0 radical (unpaired) electrons. The smallest absolute Gasteiger partial charge is 0.407 e. The quantitative estimate of drug-likeness (QED) is 0.365. The van der Waals surface area contributed by atoms with Crippen LogP contribution in [-0.2, 0) is 9.47 Å². The number of ether oxygens (including phenoxy) is 2. The summed E-state index contributed by atoms with van der Waals surface area (Å²) in [6.07, 6.45) is -0.416. The van der Waals surface area contributed by atoms with Crippen molar-refractivity contribution in [3.05, 3.63) is 0 Å². The summed E-state index contributed by atoms with van der Waals surface area (Å²) in [5.74, 6) is 0.704. The van der Waals surface area contributed by atoms with E-state index in [9.17, 15) is 4.79 Å². The summed E-state index contributed by atoms with van der Waals surface area (Å²) in [4.78, 5) is 15.7. The maximum Gasteiger partial charge on any atom is 0.407 e. The second-order valence-electron chi connectivity index (χ2n) is 5.11. The molecule has 0 rings (SSSR count). The van der Waals surface area contributed by atoms with Gasteiger partial charge in [-0.05, 0) is 27.7 Å². The largest absolute Gasteiger partial charge is 0.444 e. The van der Waals surface area contributed by atoms with E-state index >= 15 is 0 Å². The fourth-order valence-electron chi connectivity index (χ4n) is 1.25. The number of nitrogens with one attached hydrogen (secondary N) is 3. The minimum Gasteiger partial charge on any atom is -0.444 e. The first-order chi connectivity index (χ1) is 9.39. The van der Waals surface area contributed by atoms with Crippen LogP contribution in [0.2, 0.25) is 0 Å². The third-order valence-corrected chi connectivity index (χ3v) is 2.00. The molecule has 0 saturated heterocycles. The number of rotatable bonds is 7. The van der Waals surface area contributed by atoms with Gasteiger partial charge >= 0.3 is 6.09 Å². The normalized spacial score (nSPS) is 11.9. The van der Waals surface area contributed by atoms with Gasteiger partial charge in [-0.3, -0.25) is 4.99 Å². The lowest BCUT2D eigenvalue weighted by atomic mass is 10.2. The molecule has 7 nitrogen and oxygen atoms in total. The van der Waals surface area contributed by atoms with Crippen LogP contribution in [0.15, 0.2) is 4.99 Å². The highest BCUT2D eigenvalue weighted by atomic mass is 16.6. The lowest BCUT2D eigenvalue weighted by Crippen LogP contribution is -2.42. The standard InChI is InChI=1S/C13H28N4O3/c1-6-14-11(16-9-10-19-5)15-7-8-17-12(18)20-13(2,3)4/h6-10H2,1-5H3,(H,17,18)(H2,14,15,16). The van der Waals surface area contributed by atoms with Crippen molar-refractivity contribution in [2.24, 2.45) is 4.99 Å². The molecule has 0 aliphatic rings. The molecule has 0 bridgehead atoms. The van der Waals surface area contributed by atoms with Crippen LogP contribution in [0.3, 0.4) is 0 Å². The lowest BCUT2D eigenvalue weighted by Gasteiger charge is -2.19. The van der Waals surface area contributed by atoms with Crippen molar-refractivity contribution in [1.82, 2.24) is 16.0 Å². The zero-order chi connectivity index (χ0) is 15.4. The summed E-state index contributed by atoms with van der Waals surface area (Å²) in [5.41, 5.74) is -0.478.